The first-order valence-corrected chi connectivity index (χ1v) is 33.0. The summed E-state index contributed by atoms with van der Waals surface area (Å²) in [6.45, 7) is 36.7. The molecule has 87 heavy (non-hydrogen) atoms. The van der Waals surface area contributed by atoms with Gasteiger partial charge in [0.2, 0.25) is 23.6 Å². The van der Waals surface area contributed by atoms with Gasteiger partial charge in [0.1, 0.15) is 0 Å². The monoisotopic (exact) mass is 1730 g/mol. The number of amides is 4. The summed E-state index contributed by atoms with van der Waals surface area (Å²) in [6.07, 6.45) is 45.9. The quantitative estimate of drug-likeness (QED) is 0.0249. The third kappa shape index (κ3) is 98.5. The van der Waals surface area contributed by atoms with E-state index in [1.165, 1.54) is 0 Å². The first-order chi connectivity index (χ1) is 39.8. The molecule has 0 heterocycles. The van der Waals surface area contributed by atoms with E-state index < -0.39 is 36.3 Å². The Hall–Kier alpha value is 1.26. The van der Waals surface area contributed by atoms with Crippen LogP contribution in [0.2, 0.25) is 0 Å². The third-order valence-electron chi connectivity index (χ3n) is 12.3. The first kappa shape index (κ1) is 116. The SMILES string of the molecule is CCCCCC(C)C(=O)NC([C-]=O)CCCC.CCCCCC([C-]=O)NC(=O)C(C)CCCCC.CCCCCC([C-]=O)NC(=O)C(N)CCCCC.CCCCCC([C-]=O)NC(=O)C(N)CCCCC.C[CH-]C.C[CH-]C.C[CH-]C.C[CH-]C.[La].[La].[La].[La]. The Kier molecular flexibility index (Phi) is 134. The smallest absolute Gasteiger partial charge is 0.234 e. The van der Waals surface area contributed by atoms with E-state index in [0.717, 1.165) is 161 Å². The van der Waals surface area contributed by atoms with Gasteiger partial charge in [-0.3, -0.25) is 19.2 Å². The number of nitrogens with two attached hydrogens (primary N) is 2. The van der Waals surface area contributed by atoms with Crippen LogP contribution >= 0.6 is 0 Å². The van der Waals surface area contributed by atoms with Crippen molar-refractivity contribution in [1.82, 2.24) is 21.3 Å². The Morgan fingerprint density at radius 1 is 0.299 bits per heavy atom. The number of unbranched alkanes of at least 4 members (excludes halogenated alkanes) is 15. The van der Waals surface area contributed by atoms with Gasteiger partial charge in [-0.05, 0) is 25.7 Å². The maximum absolute atomic E-state index is 11.8. The van der Waals surface area contributed by atoms with E-state index >= 15 is 0 Å². The van der Waals surface area contributed by atoms with Gasteiger partial charge in [-0.1, -0.05) is 267 Å². The summed E-state index contributed by atoms with van der Waals surface area (Å²) in [6, 6.07) is -2.84. The minimum Gasteiger partial charge on any atom is -0.540 e. The van der Waals surface area contributed by atoms with Crippen molar-refractivity contribution < 1.29 is 181 Å². The normalized spacial score (nSPS) is 12.2. The molecule has 0 saturated carbocycles. The van der Waals surface area contributed by atoms with Gasteiger partial charge in [-0.2, -0.15) is 55.4 Å². The summed E-state index contributed by atoms with van der Waals surface area (Å²) < 4.78 is 0. The van der Waals surface area contributed by atoms with Crippen LogP contribution in [-0.4, -0.2) is 85.0 Å². The van der Waals surface area contributed by atoms with E-state index in [-0.39, 0.29) is 178 Å². The van der Waals surface area contributed by atoms with Gasteiger partial charge in [-0.25, -0.2) is 25.1 Å². The molecule has 4 radical (unpaired) electrons. The first-order valence-electron chi connectivity index (χ1n) is 33.0. The van der Waals surface area contributed by atoms with E-state index in [4.69, 9.17) is 11.5 Å². The molecule has 18 heteroatoms. The van der Waals surface area contributed by atoms with Gasteiger partial charge in [-0.15, -0.1) is 0 Å². The second kappa shape index (κ2) is 101. The fourth-order valence-electron chi connectivity index (χ4n) is 7.19. The Morgan fingerprint density at radius 3 is 0.644 bits per heavy atom. The average molecular weight is 1730 g/mol. The number of hydrogen-bond donors (Lipinski definition) is 6. The molecule has 0 bridgehead atoms. The average Bonchev–Trinajstić information content (AvgIpc) is 3.49. The minimum atomic E-state index is -0.501. The minimum absolute atomic E-state index is 0. The fraction of sp³-hybridized carbons (Fsp3) is 0.826. The number of rotatable bonds is 43. The summed E-state index contributed by atoms with van der Waals surface area (Å²) in [7, 11) is 0. The molecule has 8 unspecified atom stereocenters. The van der Waals surface area contributed by atoms with Crippen molar-refractivity contribution in [1.29, 1.82) is 0 Å². The van der Waals surface area contributed by atoms with Gasteiger partial charge in [0.05, 0.1) is 12.1 Å². The molecule has 8 N–H and O–H groups in total. The van der Waals surface area contributed by atoms with Crippen LogP contribution < -0.4 is 32.7 Å². The Bertz CT molecular complexity index is 1260. The van der Waals surface area contributed by atoms with Crippen molar-refractivity contribution in [3.8, 4) is 0 Å². The fourth-order valence-corrected chi connectivity index (χ4v) is 7.19. The van der Waals surface area contributed by atoms with Gasteiger partial charge < -0.3 is 77.6 Å². The van der Waals surface area contributed by atoms with Crippen LogP contribution in [0.15, 0.2) is 0 Å². The summed E-state index contributed by atoms with van der Waals surface area (Å²) in [5.74, 6) is -0.467. The molecule has 0 aliphatic rings. The Balaban J connectivity index is -0.0000000797. The number of nitrogens with one attached hydrogen (secondary N) is 4. The zero-order valence-corrected chi connectivity index (χ0v) is 74.1. The molecular formula is C69H136La4N6O8-8. The van der Waals surface area contributed by atoms with Crippen LogP contribution in [0, 0.1) is 180 Å². The van der Waals surface area contributed by atoms with Crippen molar-refractivity contribution in [3.63, 3.8) is 0 Å². The van der Waals surface area contributed by atoms with Crippen LogP contribution in [0.4, 0.5) is 0 Å². The summed E-state index contributed by atoms with van der Waals surface area (Å²) in [5, 5.41) is 10.9. The molecule has 0 saturated heterocycles. The summed E-state index contributed by atoms with van der Waals surface area (Å²) in [4.78, 5) is 90.0. The molecule has 510 valence electrons. The van der Waals surface area contributed by atoms with Crippen LogP contribution in [0.25, 0.3) is 0 Å². The molecule has 0 rings (SSSR count). The number of carbonyl (C=O) groups excluding carboxylic acids is 8. The summed E-state index contributed by atoms with van der Waals surface area (Å²) >= 11 is 0. The molecule has 14 nitrogen and oxygen atoms in total. The predicted octanol–water partition coefficient (Wildman–Crippen LogP) is 15.4. The molecule has 0 aliphatic heterocycles. The molecule has 0 aliphatic carbocycles. The van der Waals surface area contributed by atoms with E-state index in [0.29, 0.717) is 38.5 Å². The molecule has 4 amide bonds. The second-order valence-corrected chi connectivity index (χ2v) is 21.7. The zero-order chi connectivity index (χ0) is 65.3. The maximum Gasteiger partial charge on any atom is 0.234 e. The topological polar surface area (TPSA) is 237 Å². The maximum atomic E-state index is 11.8. The summed E-state index contributed by atoms with van der Waals surface area (Å²) in [5.41, 5.74) is 11.5. The molecule has 0 spiro atoms. The zero-order valence-electron chi connectivity index (χ0n) is 59.6. The molecule has 0 aromatic rings. The van der Waals surface area contributed by atoms with E-state index in [1.807, 2.05) is 120 Å². The van der Waals surface area contributed by atoms with E-state index in [1.54, 1.807) is 0 Å². The van der Waals surface area contributed by atoms with Crippen molar-refractivity contribution in [2.45, 2.75) is 360 Å². The van der Waals surface area contributed by atoms with Gasteiger partial charge in [0.25, 0.3) is 0 Å². The van der Waals surface area contributed by atoms with Crippen molar-refractivity contribution in [2.24, 2.45) is 23.3 Å². The van der Waals surface area contributed by atoms with Crippen LogP contribution in [0.1, 0.15) is 324 Å². The van der Waals surface area contributed by atoms with Gasteiger partial charge >= 0.3 is 0 Å². The molecular weight excluding hydrogens is 1600 g/mol. The molecule has 0 fully saturated rings. The van der Waals surface area contributed by atoms with Gasteiger partial charge in [0, 0.05) is 154 Å². The number of hydrogen-bond acceptors (Lipinski definition) is 10. The van der Waals surface area contributed by atoms with Crippen LogP contribution in [0.3, 0.4) is 0 Å². The van der Waals surface area contributed by atoms with Gasteiger partial charge in [0.15, 0.2) is 0 Å². The standard InChI is InChI=1S/C15H28NO2.2C14H27N2O2.C14H26NO2.4C3H7.4La/c1-4-6-8-10-13(3)15(18)16-14(12-17)11-9-7-5-2;2*1-3-5-7-9-12(11-17)16-14(18)13(15)10-8-6-4-2;1-4-6-8-9-12(3)14(17)15-13(11-16)10-7-5-2;4*1-3-2;;;;/h13-14H,4-11H2,1-3H3,(H,16,18);2*12-13H,3-10,15H2,1-2H3,(H,16,18);12-13H,4-10H2,1-3H3,(H,15,17);4*3H,1-2H3;;;;/q8*-1;;;;. The van der Waals surface area contributed by atoms with Crippen molar-refractivity contribution >= 4 is 48.8 Å². The number of carbonyl (C=O) groups is 4. The Morgan fingerprint density at radius 2 is 0.460 bits per heavy atom. The molecule has 0 aromatic carbocycles. The Labute approximate surface area is 651 Å². The van der Waals surface area contributed by atoms with E-state index in [2.05, 4.69) is 76.7 Å². The van der Waals surface area contributed by atoms with Crippen LogP contribution in [-0.2, 0) is 38.4 Å². The van der Waals surface area contributed by atoms with E-state index in [9.17, 15) is 38.4 Å². The van der Waals surface area contributed by atoms with Crippen molar-refractivity contribution in [2.75, 3.05) is 0 Å². The third-order valence-corrected chi connectivity index (χ3v) is 12.3. The molecule has 0 aromatic heterocycles. The second-order valence-electron chi connectivity index (χ2n) is 21.7. The largest absolute Gasteiger partial charge is 0.540 e. The molecule has 8 atom stereocenters. The van der Waals surface area contributed by atoms with Crippen LogP contribution in [0.5, 0.6) is 0 Å². The predicted molar refractivity (Wildman–Crippen MR) is 356 cm³/mol. The van der Waals surface area contributed by atoms with Crippen molar-refractivity contribution in [3.05, 3.63) is 25.7 Å².